The van der Waals surface area contributed by atoms with E-state index in [-0.39, 0.29) is 29.2 Å². The molecule has 2 aromatic rings. The van der Waals surface area contributed by atoms with E-state index in [1.165, 1.54) is 18.2 Å². The monoisotopic (exact) mass is 484 g/mol. The Morgan fingerprint density at radius 1 is 1.06 bits per heavy atom. The highest BCUT2D eigenvalue weighted by Gasteiger charge is 2.30. The quantitative estimate of drug-likeness (QED) is 0.557. The number of carbonyl (C=O) groups is 2. The predicted octanol–water partition coefficient (Wildman–Crippen LogP) is 3.07. The highest BCUT2D eigenvalue weighted by molar-refractivity contribution is 7.89. The van der Waals surface area contributed by atoms with E-state index in [2.05, 4.69) is 10.6 Å². The molecule has 1 aliphatic heterocycles. The van der Waals surface area contributed by atoms with Crippen molar-refractivity contribution in [2.75, 3.05) is 23.7 Å². The van der Waals surface area contributed by atoms with Crippen LogP contribution in [0, 0.1) is 0 Å². The number of primary sulfonamides is 1. The summed E-state index contributed by atoms with van der Waals surface area (Å²) in [4.78, 5) is 26.9. The highest BCUT2D eigenvalue weighted by atomic mass is 35.5. The number of anilines is 2. The number of nitrogens with two attached hydrogens (primary N) is 1. The summed E-state index contributed by atoms with van der Waals surface area (Å²) >= 11 is 12.0. The van der Waals surface area contributed by atoms with E-state index in [0.29, 0.717) is 40.9 Å². The van der Waals surface area contributed by atoms with Crippen LogP contribution in [0.4, 0.5) is 11.4 Å². The van der Waals surface area contributed by atoms with Crippen LogP contribution in [0.25, 0.3) is 0 Å². The number of rotatable bonds is 7. The third-order valence-electron chi connectivity index (χ3n) is 4.87. The molecule has 1 saturated heterocycles. The molecule has 1 heterocycles. The van der Waals surface area contributed by atoms with Crippen LogP contribution in [0.1, 0.15) is 19.3 Å². The first kappa shape index (κ1) is 23.5. The van der Waals surface area contributed by atoms with Crippen LogP contribution in [0.3, 0.4) is 0 Å². The number of hydrogen-bond acceptors (Lipinski definition) is 5. The molecular weight excluding hydrogens is 463 g/mol. The topological polar surface area (TPSA) is 122 Å². The molecule has 1 unspecified atom stereocenters. The molecule has 0 spiro atoms. The second-order valence-corrected chi connectivity index (χ2v) is 9.65. The number of benzene rings is 2. The molecule has 1 aliphatic rings. The lowest BCUT2D eigenvalue weighted by atomic mass is 10.2. The van der Waals surface area contributed by atoms with Gasteiger partial charge < -0.3 is 10.6 Å². The number of carbonyl (C=O) groups excluding carboxylic acids is 2. The van der Waals surface area contributed by atoms with Gasteiger partial charge in [-0.3, -0.25) is 14.5 Å². The molecule has 8 nitrogen and oxygen atoms in total. The van der Waals surface area contributed by atoms with Gasteiger partial charge in [-0.25, -0.2) is 13.6 Å². The van der Waals surface area contributed by atoms with E-state index in [1.54, 1.807) is 24.3 Å². The minimum absolute atomic E-state index is 0.0808. The number of nitrogens with one attached hydrogen (secondary N) is 2. The number of nitrogens with zero attached hydrogens (tertiary/aromatic N) is 1. The minimum Gasteiger partial charge on any atom is -0.326 e. The summed E-state index contributed by atoms with van der Waals surface area (Å²) in [5, 5.41) is 11.4. The first-order chi connectivity index (χ1) is 14.6. The molecule has 2 aromatic carbocycles. The number of likely N-dealkylation sites (tertiary alicyclic amines) is 1. The molecule has 4 N–H and O–H groups in total. The van der Waals surface area contributed by atoms with E-state index in [4.69, 9.17) is 28.3 Å². The van der Waals surface area contributed by atoms with Gasteiger partial charge in [0.1, 0.15) is 0 Å². The second-order valence-electron chi connectivity index (χ2n) is 7.21. The first-order valence-electron chi connectivity index (χ1n) is 9.55. The molecule has 11 heteroatoms. The average molecular weight is 485 g/mol. The van der Waals surface area contributed by atoms with Crippen LogP contribution in [0.15, 0.2) is 47.4 Å². The van der Waals surface area contributed by atoms with Crippen molar-refractivity contribution in [3.8, 4) is 0 Å². The molecule has 1 fully saturated rings. The Kier molecular flexibility index (Phi) is 7.55. The molecule has 0 radical (unpaired) electrons. The third-order valence-corrected chi connectivity index (χ3v) is 6.22. The van der Waals surface area contributed by atoms with Crippen LogP contribution in [0.2, 0.25) is 10.0 Å². The Morgan fingerprint density at radius 3 is 2.45 bits per heavy atom. The van der Waals surface area contributed by atoms with Crippen molar-refractivity contribution in [2.24, 2.45) is 5.14 Å². The van der Waals surface area contributed by atoms with Crippen molar-refractivity contribution in [3.63, 3.8) is 0 Å². The molecule has 3 rings (SSSR count). The maximum atomic E-state index is 12.7. The Labute approximate surface area is 190 Å². The summed E-state index contributed by atoms with van der Waals surface area (Å²) in [5.41, 5.74) is 0.854. The van der Waals surface area contributed by atoms with Crippen molar-refractivity contribution < 1.29 is 18.0 Å². The molecule has 0 bridgehead atoms. The van der Waals surface area contributed by atoms with E-state index in [9.17, 15) is 18.0 Å². The van der Waals surface area contributed by atoms with Crippen molar-refractivity contribution in [2.45, 2.75) is 30.2 Å². The zero-order valence-electron chi connectivity index (χ0n) is 16.5. The first-order valence-corrected chi connectivity index (χ1v) is 11.9. The van der Waals surface area contributed by atoms with E-state index in [0.717, 1.165) is 6.42 Å². The average Bonchev–Trinajstić information content (AvgIpc) is 3.14. The van der Waals surface area contributed by atoms with Gasteiger partial charge in [-0.2, -0.15) is 0 Å². The van der Waals surface area contributed by atoms with Crippen LogP contribution in [0.5, 0.6) is 0 Å². The summed E-state index contributed by atoms with van der Waals surface area (Å²) in [6, 6.07) is 10.2. The maximum Gasteiger partial charge on any atom is 0.241 e. The van der Waals surface area contributed by atoms with E-state index < -0.39 is 10.0 Å². The largest absolute Gasteiger partial charge is 0.326 e. The predicted molar refractivity (Wildman–Crippen MR) is 121 cm³/mol. The van der Waals surface area contributed by atoms with Gasteiger partial charge in [0.05, 0.1) is 10.9 Å². The molecule has 0 saturated carbocycles. The number of hydrogen-bond donors (Lipinski definition) is 3. The summed E-state index contributed by atoms with van der Waals surface area (Å²) in [6.45, 7) is 1.08. The Bertz CT molecular complexity index is 1070. The maximum absolute atomic E-state index is 12.7. The SMILES string of the molecule is NS(=O)(=O)c1cccc(NC(=O)CCN2CCCC2C(=O)Nc2cc(Cl)cc(Cl)c2)c1. The van der Waals surface area contributed by atoms with Gasteiger partial charge >= 0.3 is 0 Å². The Balaban J connectivity index is 1.56. The van der Waals surface area contributed by atoms with Crippen LogP contribution >= 0.6 is 23.2 Å². The van der Waals surface area contributed by atoms with Gasteiger partial charge in [-0.1, -0.05) is 29.3 Å². The lowest BCUT2D eigenvalue weighted by molar-refractivity contribution is -0.121. The molecular formula is C20H22Cl2N4O4S. The number of sulfonamides is 1. The number of halogens is 2. The molecule has 31 heavy (non-hydrogen) atoms. The molecule has 166 valence electrons. The van der Waals surface area contributed by atoms with Gasteiger partial charge in [-0.15, -0.1) is 0 Å². The van der Waals surface area contributed by atoms with Gasteiger partial charge in [-0.05, 0) is 55.8 Å². The van der Waals surface area contributed by atoms with Crippen molar-refractivity contribution in [1.82, 2.24) is 4.90 Å². The van der Waals surface area contributed by atoms with Crippen LogP contribution < -0.4 is 15.8 Å². The number of amides is 2. The zero-order chi connectivity index (χ0) is 22.6. The molecule has 1 atom stereocenters. The van der Waals surface area contributed by atoms with Crippen molar-refractivity contribution in [3.05, 3.63) is 52.5 Å². The fourth-order valence-electron chi connectivity index (χ4n) is 3.46. The smallest absolute Gasteiger partial charge is 0.241 e. The van der Waals surface area contributed by atoms with Gasteiger partial charge in [0, 0.05) is 34.4 Å². The van der Waals surface area contributed by atoms with Gasteiger partial charge in [0.15, 0.2) is 0 Å². The fraction of sp³-hybridized carbons (Fsp3) is 0.300. The summed E-state index contributed by atoms with van der Waals surface area (Å²) in [7, 11) is -3.86. The third kappa shape index (κ3) is 6.65. The van der Waals surface area contributed by atoms with Crippen molar-refractivity contribution in [1.29, 1.82) is 0 Å². The standard InChI is InChI=1S/C20H22Cl2N4O4S/c21-13-9-14(22)11-16(10-13)25-20(28)18-5-2-7-26(18)8-6-19(27)24-15-3-1-4-17(12-15)31(23,29)30/h1,3-4,9-12,18H,2,5-8H2,(H,24,27)(H,25,28)(H2,23,29,30). The van der Waals surface area contributed by atoms with Gasteiger partial charge in [0.2, 0.25) is 21.8 Å². The minimum atomic E-state index is -3.86. The van der Waals surface area contributed by atoms with Gasteiger partial charge in [0.25, 0.3) is 0 Å². The van der Waals surface area contributed by atoms with Crippen LogP contribution in [-0.2, 0) is 19.6 Å². The molecule has 0 aromatic heterocycles. The Morgan fingerprint density at radius 2 is 1.77 bits per heavy atom. The zero-order valence-corrected chi connectivity index (χ0v) is 18.8. The highest BCUT2D eigenvalue weighted by Crippen LogP contribution is 2.24. The second kappa shape index (κ2) is 9.97. The normalized spacial score (nSPS) is 16.8. The van der Waals surface area contributed by atoms with Crippen molar-refractivity contribution >= 4 is 56.4 Å². The van der Waals surface area contributed by atoms with E-state index >= 15 is 0 Å². The Hall–Kier alpha value is -2.17. The van der Waals surface area contributed by atoms with E-state index in [1.807, 2.05) is 4.90 Å². The lowest BCUT2D eigenvalue weighted by Gasteiger charge is -2.23. The van der Waals surface area contributed by atoms with Crippen LogP contribution in [-0.4, -0.2) is 44.3 Å². The molecule has 0 aliphatic carbocycles. The molecule has 2 amide bonds. The lowest BCUT2D eigenvalue weighted by Crippen LogP contribution is -2.40. The fourth-order valence-corrected chi connectivity index (χ4v) is 4.55. The summed E-state index contributed by atoms with van der Waals surface area (Å²) in [5.74, 6) is -0.476. The summed E-state index contributed by atoms with van der Waals surface area (Å²) < 4.78 is 22.9. The summed E-state index contributed by atoms with van der Waals surface area (Å²) in [6.07, 6.45) is 1.66.